The molecule has 0 aliphatic heterocycles. The largest absolute Gasteiger partial charge is 0.338 e. The second kappa shape index (κ2) is 7.65. The van der Waals surface area contributed by atoms with Crippen LogP contribution in [0.4, 0.5) is 9.18 Å². The summed E-state index contributed by atoms with van der Waals surface area (Å²) >= 11 is 0. The number of hydrogen-bond acceptors (Lipinski definition) is 1. The zero-order chi connectivity index (χ0) is 12.5. The fraction of sp³-hybridized carbons (Fsp3) is 0.462. The van der Waals surface area contributed by atoms with E-state index in [9.17, 15) is 9.18 Å². The summed E-state index contributed by atoms with van der Waals surface area (Å²) in [6, 6.07) is 6.33. The van der Waals surface area contributed by atoms with Gasteiger partial charge in [0.15, 0.2) is 0 Å². The Morgan fingerprint density at radius 1 is 1.18 bits per heavy atom. The number of nitrogens with one attached hydrogen (secondary N) is 2. The smallest absolute Gasteiger partial charge is 0.314 e. The van der Waals surface area contributed by atoms with Gasteiger partial charge >= 0.3 is 6.03 Å². The van der Waals surface area contributed by atoms with Gasteiger partial charge in [0, 0.05) is 13.1 Å². The first-order valence-corrected chi connectivity index (χ1v) is 5.98. The molecule has 0 heterocycles. The van der Waals surface area contributed by atoms with E-state index in [-0.39, 0.29) is 11.8 Å². The molecule has 1 aromatic rings. The molecule has 0 atom stereocenters. The van der Waals surface area contributed by atoms with Gasteiger partial charge in [-0.3, -0.25) is 0 Å². The predicted octanol–water partition coefficient (Wildman–Crippen LogP) is 2.47. The molecule has 0 fully saturated rings. The molecule has 4 heteroatoms. The molecule has 0 saturated heterocycles. The molecule has 94 valence electrons. The molecule has 1 aromatic carbocycles. The third-order valence-electron chi connectivity index (χ3n) is 2.38. The summed E-state index contributed by atoms with van der Waals surface area (Å²) in [6.07, 6.45) is 2.63. The number of rotatable bonds is 6. The van der Waals surface area contributed by atoms with E-state index in [1.807, 2.05) is 6.92 Å². The van der Waals surface area contributed by atoms with Crippen LogP contribution in [-0.2, 0) is 6.42 Å². The van der Waals surface area contributed by atoms with Crippen molar-refractivity contribution in [1.82, 2.24) is 10.6 Å². The highest BCUT2D eigenvalue weighted by atomic mass is 19.1. The van der Waals surface area contributed by atoms with E-state index in [0.717, 1.165) is 24.8 Å². The van der Waals surface area contributed by atoms with Crippen molar-refractivity contribution in [3.8, 4) is 0 Å². The number of carbonyl (C=O) groups excluding carboxylic acids is 1. The van der Waals surface area contributed by atoms with Gasteiger partial charge in [-0.1, -0.05) is 19.1 Å². The van der Waals surface area contributed by atoms with Crippen LogP contribution in [0.5, 0.6) is 0 Å². The average molecular weight is 238 g/mol. The van der Waals surface area contributed by atoms with Crippen LogP contribution in [0.25, 0.3) is 0 Å². The third kappa shape index (κ3) is 5.90. The minimum absolute atomic E-state index is 0.119. The van der Waals surface area contributed by atoms with Gasteiger partial charge in [0.25, 0.3) is 0 Å². The van der Waals surface area contributed by atoms with E-state index in [4.69, 9.17) is 0 Å². The monoisotopic (exact) mass is 238 g/mol. The molecule has 0 aliphatic rings. The summed E-state index contributed by atoms with van der Waals surface area (Å²) in [7, 11) is 0. The van der Waals surface area contributed by atoms with Crippen molar-refractivity contribution in [3.05, 3.63) is 35.6 Å². The Labute approximate surface area is 101 Å². The number of carbonyl (C=O) groups is 1. The Morgan fingerprint density at radius 3 is 2.47 bits per heavy atom. The summed E-state index contributed by atoms with van der Waals surface area (Å²) in [5, 5.41) is 5.51. The first-order chi connectivity index (χ1) is 8.22. The lowest BCUT2D eigenvalue weighted by Gasteiger charge is -2.06. The predicted molar refractivity (Wildman–Crippen MR) is 66.4 cm³/mol. The van der Waals surface area contributed by atoms with Gasteiger partial charge in [-0.05, 0) is 37.0 Å². The van der Waals surface area contributed by atoms with Crippen molar-refractivity contribution in [2.75, 3.05) is 13.1 Å². The van der Waals surface area contributed by atoms with Crippen LogP contribution in [-0.4, -0.2) is 19.1 Å². The van der Waals surface area contributed by atoms with Crippen molar-refractivity contribution in [2.24, 2.45) is 0 Å². The third-order valence-corrected chi connectivity index (χ3v) is 2.38. The maximum absolute atomic E-state index is 12.6. The highest BCUT2D eigenvalue weighted by molar-refractivity contribution is 5.73. The Hall–Kier alpha value is -1.58. The molecule has 0 saturated carbocycles. The quantitative estimate of drug-likeness (QED) is 0.734. The maximum Gasteiger partial charge on any atom is 0.314 e. The molecule has 0 bridgehead atoms. The average Bonchev–Trinajstić information content (AvgIpc) is 2.34. The van der Waals surface area contributed by atoms with E-state index < -0.39 is 0 Å². The summed E-state index contributed by atoms with van der Waals surface area (Å²) in [4.78, 5) is 11.2. The molecule has 2 N–H and O–H groups in total. The van der Waals surface area contributed by atoms with Crippen molar-refractivity contribution in [1.29, 1.82) is 0 Å². The van der Waals surface area contributed by atoms with E-state index in [0.29, 0.717) is 13.1 Å². The molecular formula is C13H19FN2O. The van der Waals surface area contributed by atoms with Crippen LogP contribution in [0.15, 0.2) is 24.3 Å². The van der Waals surface area contributed by atoms with Gasteiger partial charge in [-0.15, -0.1) is 0 Å². The minimum Gasteiger partial charge on any atom is -0.338 e. The van der Waals surface area contributed by atoms with Crippen LogP contribution < -0.4 is 10.6 Å². The maximum atomic E-state index is 12.6. The van der Waals surface area contributed by atoms with Crippen LogP contribution in [0, 0.1) is 5.82 Å². The Kier molecular flexibility index (Phi) is 6.07. The normalized spacial score (nSPS) is 10.0. The van der Waals surface area contributed by atoms with Crippen LogP contribution in [0.2, 0.25) is 0 Å². The molecular weight excluding hydrogens is 219 g/mol. The topological polar surface area (TPSA) is 41.1 Å². The fourth-order valence-corrected chi connectivity index (χ4v) is 1.45. The number of aryl methyl sites for hydroxylation is 1. The van der Waals surface area contributed by atoms with Gasteiger partial charge < -0.3 is 10.6 Å². The number of urea groups is 1. The Balaban J connectivity index is 2.11. The highest BCUT2D eigenvalue weighted by Gasteiger charge is 1.98. The number of amides is 2. The Morgan fingerprint density at radius 2 is 1.82 bits per heavy atom. The lowest BCUT2D eigenvalue weighted by molar-refractivity contribution is 0.241. The highest BCUT2D eigenvalue weighted by Crippen LogP contribution is 2.04. The molecule has 1 rings (SSSR count). The van der Waals surface area contributed by atoms with E-state index in [1.165, 1.54) is 12.1 Å². The summed E-state index contributed by atoms with van der Waals surface area (Å²) in [5.41, 5.74) is 1.09. The first kappa shape index (κ1) is 13.5. The fourth-order valence-electron chi connectivity index (χ4n) is 1.45. The lowest BCUT2D eigenvalue weighted by atomic mass is 10.1. The van der Waals surface area contributed by atoms with Gasteiger partial charge in [-0.2, -0.15) is 0 Å². The van der Waals surface area contributed by atoms with Crippen LogP contribution in [0.1, 0.15) is 25.3 Å². The lowest BCUT2D eigenvalue weighted by Crippen LogP contribution is -2.36. The SMILES string of the molecule is CCCNC(=O)NCCCc1ccc(F)cc1. The second-order valence-corrected chi connectivity index (χ2v) is 3.91. The summed E-state index contributed by atoms with van der Waals surface area (Å²) in [5.74, 6) is -0.217. The van der Waals surface area contributed by atoms with Gasteiger partial charge in [0.2, 0.25) is 0 Å². The minimum atomic E-state index is -0.217. The van der Waals surface area contributed by atoms with Crippen LogP contribution in [0.3, 0.4) is 0 Å². The summed E-state index contributed by atoms with van der Waals surface area (Å²) < 4.78 is 12.6. The molecule has 0 radical (unpaired) electrons. The van der Waals surface area contributed by atoms with Crippen molar-refractivity contribution >= 4 is 6.03 Å². The summed E-state index contributed by atoms with van der Waals surface area (Å²) in [6.45, 7) is 3.34. The van der Waals surface area contributed by atoms with E-state index in [1.54, 1.807) is 12.1 Å². The van der Waals surface area contributed by atoms with Gasteiger partial charge in [0.1, 0.15) is 5.82 Å². The number of benzene rings is 1. The zero-order valence-electron chi connectivity index (χ0n) is 10.1. The van der Waals surface area contributed by atoms with Gasteiger partial charge in [-0.25, -0.2) is 9.18 Å². The Bertz CT molecular complexity index is 338. The first-order valence-electron chi connectivity index (χ1n) is 5.98. The molecule has 0 unspecified atom stereocenters. The molecule has 17 heavy (non-hydrogen) atoms. The molecule has 3 nitrogen and oxygen atoms in total. The van der Waals surface area contributed by atoms with Crippen molar-refractivity contribution in [2.45, 2.75) is 26.2 Å². The second-order valence-electron chi connectivity index (χ2n) is 3.91. The zero-order valence-corrected chi connectivity index (χ0v) is 10.1. The molecule has 0 aliphatic carbocycles. The number of halogens is 1. The molecule has 0 aromatic heterocycles. The van der Waals surface area contributed by atoms with E-state index >= 15 is 0 Å². The van der Waals surface area contributed by atoms with Gasteiger partial charge in [0.05, 0.1) is 0 Å². The van der Waals surface area contributed by atoms with E-state index in [2.05, 4.69) is 10.6 Å². The van der Waals surface area contributed by atoms with Crippen molar-refractivity contribution in [3.63, 3.8) is 0 Å². The number of hydrogen-bond donors (Lipinski definition) is 2. The van der Waals surface area contributed by atoms with Crippen LogP contribution >= 0.6 is 0 Å². The molecule has 0 spiro atoms. The standard InChI is InChI=1S/C13H19FN2O/c1-2-9-15-13(17)16-10-3-4-11-5-7-12(14)8-6-11/h5-8H,2-4,9-10H2,1H3,(H2,15,16,17). The molecule has 2 amide bonds. The van der Waals surface area contributed by atoms with Crippen molar-refractivity contribution < 1.29 is 9.18 Å².